The molecular weight excluding hydrogens is 402 g/mol. The van der Waals surface area contributed by atoms with E-state index in [1.165, 1.54) is 5.69 Å². The van der Waals surface area contributed by atoms with Crippen LogP contribution < -0.4 is 15.0 Å². The molecule has 0 atom stereocenters. The molecule has 0 aliphatic carbocycles. The van der Waals surface area contributed by atoms with Crippen molar-refractivity contribution in [2.24, 2.45) is 0 Å². The molecule has 1 aliphatic heterocycles. The lowest BCUT2D eigenvalue weighted by atomic mass is 10.2. The fourth-order valence-electron chi connectivity index (χ4n) is 4.29. The third-order valence-corrected chi connectivity index (χ3v) is 5.77. The van der Waals surface area contributed by atoms with E-state index in [2.05, 4.69) is 41.1 Å². The Bertz CT molecular complexity index is 1060. The summed E-state index contributed by atoms with van der Waals surface area (Å²) < 4.78 is 7.62. The first-order valence-electron chi connectivity index (χ1n) is 11.2. The summed E-state index contributed by atoms with van der Waals surface area (Å²) in [6.07, 6.45) is 0. The zero-order valence-electron chi connectivity index (χ0n) is 19.0. The highest BCUT2D eigenvalue weighted by atomic mass is 16.5. The summed E-state index contributed by atoms with van der Waals surface area (Å²) in [6.45, 7) is 10.5. The minimum atomic E-state index is -0.0186. The van der Waals surface area contributed by atoms with Gasteiger partial charge in [-0.2, -0.15) is 5.10 Å². The summed E-state index contributed by atoms with van der Waals surface area (Å²) >= 11 is 0. The number of anilines is 2. The number of nitrogens with zero attached hydrogens (tertiary/aromatic N) is 4. The summed E-state index contributed by atoms with van der Waals surface area (Å²) in [5.41, 5.74) is 5.17. The maximum atomic E-state index is 12.6. The van der Waals surface area contributed by atoms with E-state index >= 15 is 0 Å². The van der Waals surface area contributed by atoms with E-state index < -0.39 is 0 Å². The van der Waals surface area contributed by atoms with Gasteiger partial charge >= 0.3 is 0 Å². The number of piperazine rings is 1. The average molecular weight is 434 g/mol. The van der Waals surface area contributed by atoms with Crippen molar-refractivity contribution < 1.29 is 9.53 Å². The molecule has 2 heterocycles. The Morgan fingerprint density at radius 1 is 1.00 bits per heavy atom. The predicted molar refractivity (Wildman–Crippen MR) is 128 cm³/mol. The molecule has 1 amide bonds. The largest absolute Gasteiger partial charge is 0.492 e. The third kappa shape index (κ3) is 4.78. The molecule has 1 fully saturated rings. The molecule has 1 saturated heterocycles. The number of aromatic nitrogens is 2. The van der Waals surface area contributed by atoms with Gasteiger partial charge in [-0.1, -0.05) is 30.3 Å². The van der Waals surface area contributed by atoms with Gasteiger partial charge in [-0.3, -0.25) is 9.69 Å². The summed E-state index contributed by atoms with van der Waals surface area (Å²) in [6, 6.07) is 17.8. The van der Waals surface area contributed by atoms with Crippen LogP contribution >= 0.6 is 0 Å². The molecule has 0 bridgehead atoms. The molecule has 7 heteroatoms. The van der Waals surface area contributed by atoms with Crippen LogP contribution in [0.1, 0.15) is 18.3 Å². The Morgan fingerprint density at radius 3 is 2.41 bits per heavy atom. The summed E-state index contributed by atoms with van der Waals surface area (Å²) in [7, 11) is 0. The van der Waals surface area contributed by atoms with Crippen molar-refractivity contribution in [1.82, 2.24) is 14.7 Å². The van der Waals surface area contributed by atoms with E-state index in [1.807, 2.05) is 54.1 Å². The van der Waals surface area contributed by atoms with Crippen LogP contribution in [0.15, 0.2) is 54.6 Å². The van der Waals surface area contributed by atoms with Gasteiger partial charge in [-0.15, -0.1) is 0 Å². The van der Waals surface area contributed by atoms with Crippen molar-refractivity contribution in [2.45, 2.75) is 20.8 Å². The van der Waals surface area contributed by atoms with E-state index in [-0.39, 0.29) is 5.91 Å². The number of amides is 1. The molecule has 0 saturated carbocycles. The number of aryl methyl sites for hydroxylation is 1. The molecule has 4 rings (SSSR count). The number of hydrogen-bond acceptors (Lipinski definition) is 5. The summed E-state index contributed by atoms with van der Waals surface area (Å²) in [5, 5.41) is 7.77. The Kier molecular flexibility index (Phi) is 6.75. The molecule has 2 aromatic carbocycles. The minimum absolute atomic E-state index is 0.0186. The van der Waals surface area contributed by atoms with Crippen molar-refractivity contribution in [3.05, 3.63) is 66.0 Å². The van der Waals surface area contributed by atoms with Crippen LogP contribution in [0.5, 0.6) is 5.75 Å². The van der Waals surface area contributed by atoms with Gasteiger partial charge < -0.3 is 15.0 Å². The lowest BCUT2D eigenvalue weighted by molar-refractivity contribution is -0.117. The summed E-state index contributed by atoms with van der Waals surface area (Å²) in [4.78, 5) is 17.2. The first-order valence-corrected chi connectivity index (χ1v) is 11.2. The highest BCUT2D eigenvalue weighted by Crippen LogP contribution is 2.28. The number of ether oxygens (including phenoxy) is 1. The van der Waals surface area contributed by atoms with Gasteiger partial charge in [0.15, 0.2) is 0 Å². The molecule has 168 valence electrons. The van der Waals surface area contributed by atoms with Crippen LogP contribution in [-0.2, 0) is 4.79 Å². The van der Waals surface area contributed by atoms with Crippen molar-refractivity contribution >= 4 is 17.3 Å². The number of rotatable bonds is 7. The lowest BCUT2D eigenvalue weighted by Gasteiger charge is -2.35. The van der Waals surface area contributed by atoms with Crippen LogP contribution in [0.25, 0.3) is 5.69 Å². The molecule has 1 aromatic heterocycles. The van der Waals surface area contributed by atoms with Crippen molar-refractivity contribution in [3.63, 3.8) is 0 Å². The van der Waals surface area contributed by atoms with Crippen molar-refractivity contribution in [1.29, 1.82) is 0 Å². The molecule has 0 spiro atoms. The predicted octanol–water partition coefficient (Wildman–Crippen LogP) is 3.65. The first-order chi connectivity index (χ1) is 15.6. The summed E-state index contributed by atoms with van der Waals surface area (Å²) in [5.74, 6) is 0.685. The number of carbonyl (C=O) groups excluding carboxylic acids is 1. The monoisotopic (exact) mass is 433 g/mol. The second-order valence-corrected chi connectivity index (χ2v) is 8.01. The highest BCUT2D eigenvalue weighted by Gasteiger charge is 2.24. The maximum absolute atomic E-state index is 12.6. The van der Waals surface area contributed by atoms with Gasteiger partial charge in [0.05, 0.1) is 41.6 Å². The van der Waals surface area contributed by atoms with Crippen molar-refractivity contribution in [3.8, 4) is 11.4 Å². The van der Waals surface area contributed by atoms with Crippen LogP contribution in [0.2, 0.25) is 0 Å². The fraction of sp³-hybridized carbons (Fsp3) is 0.360. The standard InChI is InChI=1S/C25H31N5O2/c1-4-32-23-13-9-8-12-22(23)26-24(31)18-28-14-16-29(17-15-28)25-19(2)27-30(20(25)3)21-10-6-5-7-11-21/h5-13H,4,14-18H2,1-3H3,(H,26,31). The SMILES string of the molecule is CCOc1ccccc1NC(=O)CN1CCN(c2c(C)nn(-c3ccccc3)c2C)CC1. The second-order valence-electron chi connectivity index (χ2n) is 8.01. The molecule has 1 N–H and O–H groups in total. The normalized spacial score (nSPS) is 14.4. The second kappa shape index (κ2) is 9.87. The minimum Gasteiger partial charge on any atom is -0.492 e. The van der Waals surface area contributed by atoms with E-state index in [0.717, 1.165) is 48.9 Å². The molecule has 3 aromatic rings. The lowest BCUT2D eigenvalue weighted by Crippen LogP contribution is -2.49. The number of benzene rings is 2. The first kappa shape index (κ1) is 21.9. The van der Waals surface area contributed by atoms with Crippen molar-refractivity contribution in [2.75, 3.05) is 49.5 Å². The van der Waals surface area contributed by atoms with Crippen LogP contribution in [0, 0.1) is 13.8 Å². The van der Waals surface area contributed by atoms with E-state index in [1.54, 1.807) is 0 Å². The zero-order valence-corrected chi connectivity index (χ0v) is 19.0. The third-order valence-electron chi connectivity index (χ3n) is 5.77. The van der Waals surface area contributed by atoms with Gasteiger partial charge in [0.2, 0.25) is 5.91 Å². The van der Waals surface area contributed by atoms with E-state index in [9.17, 15) is 4.79 Å². The van der Waals surface area contributed by atoms with Crippen LogP contribution in [-0.4, -0.2) is 59.9 Å². The molecule has 0 radical (unpaired) electrons. The Morgan fingerprint density at radius 2 is 1.69 bits per heavy atom. The number of hydrogen-bond donors (Lipinski definition) is 1. The molecule has 7 nitrogen and oxygen atoms in total. The van der Waals surface area contributed by atoms with Gasteiger partial charge in [0, 0.05) is 26.2 Å². The van der Waals surface area contributed by atoms with Gasteiger partial charge in [0.1, 0.15) is 5.75 Å². The Hall–Kier alpha value is -3.32. The van der Waals surface area contributed by atoms with Gasteiger partial charge in [-0.05, 0) is 45.0 Å². The van der Waals surface area contributed by atoms with Crippen LogP contribution in [0.3, 0.4) is 0 Å². The zero-order chi connectivity index (χ0) is 22.5. The fourth-order valence-corrected chi connectivity index (χ4v) is 4.29. The number of para-hydroxylation sites is 3. The Balaban J connectivity index is 1.36. The molecule has 0 unspecified atom stereocenters. The number of carbonyl (C=O) groups is 1. The Labute approximate surface area is 189 Å². The maximum Gasteiger partial charge on any atom is 0.238 e. The number of nitrogens with one attached hydrogen (secondary N) is 1. The van der Waals surface area contributed by atoms with Crippen LogP contribution in [0.4, 0.5) is 11.4 Å². The van der Waals surface area contributed by atoms with Gasteiger partial charge in [0.25, 0.3) is 0 Å². The topological polar surface area (TPSA) is 62.6 Å². The smallest absolute Gasteiger partial charge is 0.238 e. The average Bonchev–Trinajstić information content (AvgIpc) is 3.10. The molecule has 32 heavy (non-hydrogen) atoms. The molecular formula is C25H31N5O2. The van der Waals surface area contributed by atoms with Gasteiger partial charge in [-0.25, -0.2) is 4.68 Å². The highest BCUT2D eigenvalue weighted by molar-refractivity contribution is 5.93. The van der Waals surface area contributed by atoms with E-state index in [4.69, 9.17) is 9.84 Å². The molecule has 1 aliphatic rings. The van der Waals surface area contributed by atoms with E-state index in [0.29, 0.717) is 18.9 Å². The quantitative estimate of drug-likeness (QED) is 0.616.